The van der Waals surface area contributed by atoms with Gasteiger partial charge in [-0.25, -0.2) is 0 Å². The zero-order chi connectivity index (χ0) is 25.2. The Bertz CT molecular complexity index is 1280. The van der Waals surface area contributed by atoms with Crippen LogP contribution in [0.2, 0.25) is 0 Å². The van der Waals surface area contributed by atoms with Gasteiger partial charge in [-0.15, -0.1) is 0 Å². The highest BCUT2D eigenvalue weighted by Gasteiger charge is 2.23. The van der Waals surface area contributed by atoms with Gasteiger partial charge in [0.05, 0.1) is 35.8 Å². The Kier molecular flexibility index (Phi) is 6.47. The smallest absolute Gasteiger partial charge is 0.146 e. The number of aryl methyl sites for hydroxylation is 1. The van der Waals surface area contributed by atoms with Crippen LogP contribution in [0, 0.1) is 6.92 Å². The summed E-state index contributed by atoms with van der Waals surface area (Å²) in [6, 6.07) is 16.3. The van der Waals surface area contributed by atoms with E-state index in [4.69, 9.17) is 23.7 Å². The van der Waals surface area contributed by atoms with Crippen molar-refractivity contribution in [2.75, 3.05) is 55.5 Å². The molecular formula is C29H33N3O5. The lowest BCUT2D eigenvalue weighted by Gasteiger charge is -2.30. The predicted octanol–water partition coefficient (Wildman–Crippen LogP) is 4.87. The second-order valence-corrected chi connectivity index (χ2v) is 9.62. The first kappa shape index (κ1) is 23.5. The summed E-state index contributed by atoms with van der Waals surface area (Å²) in [5.74, 6) is 4.19. The van der Waals surface area contributed by atoms with Crippen LogP contribution in [0.15, 0.2) is 48.5 Å². The van der Waals surface area contributed by atoms with Crippen LogP contribution in [0.25, 0.3) is 0 Å². The molecule has 6 rings (SSSR count). The van der Waals surface area contributed by atoms with Gasteiger partial charge in [-0.2, -0.15) is 0 Å². The molecule has 3 heterocycles. The molecule has 3 aromatic carbocycles. The largest absolute Gasteiger partial charge is 0.494 e. The van der Waals surface area contributed by atoms with Crippen molar-refractivity contribution in [3.63, 3.8) is 0 Å². The number of benzene rings is 3. The molecule has 37 heavy (non-hydrogen) atoms. The van der Waals surface area contributed by atoms with Gasteiger partial charge in [-0.05, 0) is 67.8 Å². The van der Waals surface area contributed by atoms with Crippen LogP contribution in [0.4, 0.5) is 17.1 Å². The van der Waals surface area contributed by atoms with E-state index < -0.39 is 0 Å². The molecule has 3 aliphatic heterocycles. The number of hydrogen-bond acceptors (Lipinski definition) is 8. The normalized spacial score (nSPS) is 19.2. The summed E-state index contributed by atoms with van der Waals surface area (Å²) in [5.41, 5.74) is 5.48. The molecule has 0 saturated heterocycles. The molecule has 0 aliphatic carbocycles. The summed E-state index contributed by atoms with van der Waals surface area (Å²) < 4.78 is 29.5. The molecule has 8 heteroatoms. The fourth-order valence-electron chi connectivity index (χ4n) is 4.95. The van der Waals surface area contributed by atoms with Crippen molar-refractivity contribution in [2.45, 2.75) is 32.4 Å². The topological polar surface area (TPSA) is 82.2 Å². The molecule has 8 nitrogen and oxygen atoms in total. The van der Waals surface area contributed by atoms with E-state index in [1.165, 1.54) is 11.1 Å². The summed E-state index contributed by atoms with van der Waals surface area (Å²) in [6.07, 6.45) is 0.860. The molecule has 3 N–H and O–H groups in total. The average molecular weight is 504 g/mol. The van der Waals surface area contributed by atoms with Gasteiger partial charge in [0.1, 0.15) is 55.2 Å². The minimum atomic E-state index is 0.0445. The van der Waals surface area contributed by atoms with Gasteiger partial charge < -0.3 is 39.6 Å². The lowest BCUT2D eigenvalue weighted by molar-refractivity contribution is 0.219. The van der Waals surface area contributed by atoms with Gasteiger partial charge in [0.2, 0.25) is 0 Å². The number of fused-ring (bicyclic) bond motifs is 3. The van der Waals surface area contributed by atoms with Gasteiger partial charge in [-0.3, -0.25) is 0 Å². The minimum Gasteiger partial charge on any atom is -0.494 e. The summed E-state index contributed by atoms with van der Waals surface area (Å²) >= 11 is 0. The van der Waals surface area contributed by atoms with E-state index in [0.717, 1.165) is 58.8 Å². The third kappa shape index (κ3) is 5.14. The fourth-order valence-corrected chi connectivity index (χ4v) is 4.95. The van der Waals surface area contributed by atoms with Crippen LogP contribution < -0.4 is 39.6 Å². The molecule has 0 radical (unpaired) electrons. The molecule has 0 bridgehead atoms. The second kappa shape index (κ2) is 10.2. The maximum absolute atomic E-state index is 6.14. The zero-order valence-electron chi connectivity index (χ0n) is 21.3. The standard InChI is InChI=1S/C29H33N3O5/c1-3-33-23-4-6-24-29(14-23)37-17-21(32-24)16-35-22-5-7-27-26(13-22)31-20(15-36-27)11-19-12-25-28(10-18(19)2)34-9-8-30-25/h4-7,10,12-14,20-21,30-32H,3,8-9,11,15-17H2,1-2H3. The Balaban J connectivity index is 1.07. The van der Waals surface area contributed by atoms with Crippen LogP contribution in [0.3, 0.4) is 0 Å². The Morgan fingerprint density at radius 1 is 0.784 bits per heavy atom. The minimum absolute atomic E-state index is 0.0445. The Hall–Kier alpha value is -3.94. The van der Waals surface area contributed by atoms with Crippen LogP contribution in [-0.2, 0) is 6.42 Å². The lowest BCUT2D eigenvalue weighted by atomic mass is 9.99. The van der Waals surface area contributed by atoms with Crippen molar-refractivity contribution in [1.82, 2.24) is 0 Å². The van der Waals surface area contributed by atoms with E-state index in [-0.39, 0.29) is 12.1 Å². The van der Waals surface area contributed by atoms with Crippen LogP contribution in [0.5, 0.6) is 28.7 Å². The SMILES string of the molecule is CCOc1ccc2c(c1)OCC(COc1ccc3c(c1)NC(Cc1cc4c(cc1C)OCCN4)CO3)N2. The van der Waals surface area contributed by atoms with E-state index in [1.807, 2.05) is 43.3 Å². The van der Waals surface area contributed by atoms with Gasteiger partial charge in [0, 0.05) is 18.7 Å². The number of nitrogens with one attached hydrogen (secondary N) is 3. The molecular weight excluding hydrogens is 470 g/mol. The van der Waals surface area contributed by atoms with E-state index in [2.05, 4.69) is 35.0 Å². The van der Waals surface area contributed by atoms with Crippen molar-refractivity contribution in [3.8, 4) is 28.7 Å². The molecule has 0 amide bonds. The van der Waals surface area contributed by atoms with E-state index >= 15 is 0 Å². The molecule has 2 atom stereocenters. The summed E-state index contributed by atoms with van der Waals surface area (Å²) in [6.45, 7) is 7.90. The van der Waals surface area contributed by atoms with Crippen LogP contribution in [0.1, 0.15) is 18.1 Å². The number of ether oxygens (including phenoxy) is 5. The third-order valence-corrected chi connectivity index (χ3v) is 6.85. The third-order valence-electron chi connectivity index (χ3n) is 6.85. The Labute approximate surface area is 217 Å². The summed E-state index contributed by atoms with van der Waals surface area (Å²) in [5, 5.41) is 10.6. The first-order valence-corrected chi connectivity index (χ1v) is 13.0. The molecule has 0 aromatic heterocycles. The monoisotopic (exact) mass is 503 g/mol. The van der Waals surface area contributed by atoms with Crippen LogP contribution in [-0.4, -0.2) is 51.7 Å². The highest BCUT2D eigenvalue weighted by Crippen LogP contribution is 2.36. The zero-order valence-corrected chi connectivity index (χ0v) is 21.3. The van der Waals surface area contributed by atoms with Crippen molar-refractivity contribution in [2.24, 2.45) is 0 Å². The molecule has 0 fully saturated rings. The van der Waals surface area contributed by atoms with Gasteiger partial charge >= 0.3 is 0 Å². The van der Waals surface area contributed by atoms with Crippen molar-refractivity contribution in [3.05, 3.63) is 59.7 Å². The highest BCUT2D eigenvalue weighted by molar-refractivity contribution is 5.64. The average Bonchev–Trinajstić information content (AvgIpc) is 2.92. The van der Waals surface area contributed by atoms with Crippen LogP contribution >= 0.6 is 0 Å². The Morgan fingerprint density at radius 2 is 1.57 bits per heavy atom. The number of hydrogen-bond donors (Lipinski definition) is 3. The molecule has 2 unspecified atom stereocenters. The van der Waals surface area contributed by atoms with E-state index in [1.54, 1.807) is 0 Å². The first-order valence-electron chi connectivity index (χ1n) is 13.0. The molecule has 3 aliphatic rings. The van der Waals surface area contributed by atoms with Gasteiger partial charge in [0.25, 0.3) is 0 Å². The molecule has 194 valence electrons. The van der Waals surface area contributed by atoms with Crippen molar-refractivity contribution >= 4 is 17.1 Å². The number of anilines is 3. The summed E-state index contributed by atoms with van der Waals surface area (Å²) in [7, 11) is 0. The second-order valence-electron chi connectivity index (χ2n) is 9.62. The van der Waals surface area contributed by atoms with Crippen molar-refractivity contribution in [1.29, 1.82) is 0 Å². The maximum atomic E-state index is 6.14. The van der Waals surface area contributed by atoms with Crippen molar-refractivity contribution < 1.29 is 23.7 Å². The number of rotatable bonds is 7. The first-order chi connectivity index (χ1) is 18.1. The van der Waals surface area contributed by atoms with E-state index in [9.17, 15) is 0 Å². The molecule has 0 saturated carbocycles. The van der Waals surface area contributed by atoms with Gasteiger partial charge in [-0.1, -0.05) is 0 Å². The highest BCUT2D eigenvalue weighted by atomic mass is 16.5. The Morgan fingerprint density at radius 3 is 2.49 bits per heavy atom. The maximum Gasteiger partial charge on any atom is 0.146 e. The predicted molar refractivity (Wildman–Crippen MR) is 144 cm³/mol. The molecule has 3 aromatic rings. The molecule has 0 spiro atoms. The quantitative estimate of drug-likeness (QED) is 0.422. The van der Waals surface area contributed by atoms with Gasteiger partial charge in [0.15, 0.2) is 0 Å². The fraction of sp³-hybridized carbons (Fsp3) is 0.379. The summed E-state index contributed by atoms with van der Waals surface area (Å²) in [4.78, 5) is 0. The lowest BCUT2D eigenvalue weighted by Crippen LogP contribution is -2.36. The van der Waals surface area contributed by atoms with E-state index in [0.29, 0.717) is 33.0 Å².